The van der Waals surface area contributed by atoms with Gasteiger partial charge in [-0.1, -0.05) is 0 Å². The van der Waals surface area contributed by atoms with Crippen molar-refractivity contribution < 1.29 is 4.79 Å². The van der Waals surface area contributed by atoms with E-state index < -0.39 is 0 Å². The summed E-state index contributed by atoms with van der Waals surface area (Å²) in [4.78, 5) is 14.8. The monoisotopic (exact) mass is 271 g/mol. The highest BCUT2D eigenvalue weighted by molar-refractivity contribution is 9.10. The molecule has 0 saturated carbocycles. The smallest absolute Gasteiger partial charge is 0.218 e. The Morgan fingerprint density at radius 1 is 1.67 bits per heavy atom. The Morgan fingerprint density at radius 3 is 2.93 bits per heavy atom. The average Bonchev–Trinajstić information content (AvgIpc) is 2.16. The Morgan fingerprint density at radius 2 is 2.40 bits per heavy atom. The van der Waals surface area contributed by atoms with E-state index in [2.05, 4.69) is 26.2 Å². The molecule has 0 fully saturated rings. The molecule has 3 N–H and O–H groups in total. The summed E-state index contributed by atoms with van der Waals surface area (Å²) in [5.74, 6) is -0.293. The number of hydrogen-bond acceptors (Lipinski definition) is 3. The lowest BCUT2D eigenvalue weighted by atomic mass is 10.2. The number of carbonyl (C=O) groups excluding carboxylic acids is 1. The Balaban J connectivity index is 2.36. The minimum absolute atomic E-state index is 0.0768. The topological polar surface area (TPSA) is 68.0 Å². The molecule has 1 rings (SSSR count). The Bertz CT molecular complexity index is 326. The normalized spacial score (nSPS) is 12.4. The number of pyridine rings is 1. The highest BCUT2D eigenvalue weighted by atomic mass is 79.9. The number of hydrogen-bond donors (Lipinski definition) is 2. The van der Waals surface area contributed by atoms with Crippen LogP contribution in [0.25, 0.3) is 0 Å². The van der Waals surface area contributed by atoms with E-state index in [1.165, 1.54) is 0 Å². The molecule has 0 aliphatic rings. The molecular weight excluding hydrogens is 258 g/mol. The molecule has 0 saturated heterocycles. The third-order valence-electron chi connectivity index (χ3n) is 1.93. The predicted octanol–water partition coefficient (Wildman–Crippen LogP) is 1.20. The number of nitrogens with two attached hydrogens (primary N) is 1. The second-order valence-corrected chi connectivity index (χ2v) is 4.34. The van der Waals surface area contributed by atoms with Gasteiger partial charge in [-0.3, -0.25) is 9.78 Å². The molecule has 0 aliphatic heterocycles. The van der Waals surface area contributed by atoms with Crippen molar-refractivity contribution in [2.24, 2.45) is 5.73 Å². The quantitative estimate of drug-likeness (QED) is 0.846. The fraction of sp³-hybridized carbons (Fsp3) is 0.400. The first-order valence-electron chi connectivity index (χ1n) is 4.70. The van der Waals surface area contributed by atoms with Crippen LogP contribution in [0.2, 0.25) is 0 Å². The van der Waals surface area contributed by atoms with E-state index in [0.717, 1.165) is 10.2 Å². The fourth-order valence-corrected chi connectivity index (χ4v) is 1.40. The van der Waals surface area contributed by atoms with E-state index in [1.807, 2.05) is 19.1 Å². The number of primary amides is 1. The lowest BCUT2D eigenvalue weighted by Gasteiger charge is -2.11. The van der Waals surface area contributed by atoms with Crippen LogP contribution in [0.4, 0.5) is 0 Å². The van der Waals surface area contributed by atoms with Crippen LogP contribution >= 0.6 is 15.9 Å². The molecule has 0 aromatic carbocycles. The molecular formula is C10H14BrN3O. The third-order valence-corrected chi connectivity index (χ3v) is 2.40. The van der Waals surface area contributed by atoms with E-state index in [0.29, 0.717) is 13.0 Å². The van der Waals surface area contributed by atoms with Crippen molar-refractivity contribution in [1.29, 1.82) is 0 Å². The summed E-state index contributed by atoms with van der Waals surface area (Å²) in [5, 5.41) is 3.17. The lowest BCUT2D eigenvalue weighted by Crippen LogP contribution is -2.30. The van der Waals surface area contributed by atoms with Crippen LogP contribution in [0.3, 0.4) is 0 Å². The molecule has 82 valence electrons. The number of aromatic nitrogens is 1. The standard InChI is InChI=1S/C10H14BrN3O/c1-7(4-10(12)15)13-6-9-3-2-8(11)5-14-9/h2-3,5,7,13H,4,6H2,1H3,(H2,12,15). The first-order valence-corrected chi connectivity index (χ1v) is 5.49. The first-order chi connectivity index (χ1) is 7.08. The highest BCUT2D eigenvalue weighted by Gasteiger charge is 2.05. The van der Waals surface area contributed by atoms with Crippen molar-refractivity contribution in [3.8, 4) is 0 Å². The van der Waals surface area contributed by atoms with Crippen LogP contribution in [0.15, 0.2) is 22.8 Å². The number of nitrogens with one attached hydrogen (secondary N) is 1. The Kier molecular flexibility index (Phi) is 4.71. The van der Waals surface area contributed by atoms with Gasteiger partial charge in [0, 0.05) is 29.7 Å². The van der Waals surface area contributed by atoms with Gasteiger partial charge in [0.2, 0.25) is 5.91 Å². The van der Waals surface area contributed by atoms with Gasteiger partial charge in [-0.05, 0) is 35.0 Å². The van der Waals surface area contributed by atoms with Crippen molar-refractivity contribution in [3.05, 3.63) is 28.5 Å². The summed E-state index contributed by atoms with van der Waals surface area (Å²) < 4.78 is 0.955. The summed E-state index contributed by atoms with van der Waals surface area (Å²) in [6, 6.07) is 3.93. The molecule has 4 nitrogen and oxygen atoms in total. The third kappa shape index (κ3) is 4.90. The Labute approximate surface area is 97.4 Å². The van der Waals surface area contributed by atoms with Crippen molar-refractivity contribution in [2.75, 3.05) is 0 Å². The van der Waals surface area contributed by atoms with E-state index >= 15 is 0 Å². The van der Waals surface area contributed by atoms with Gasteiger partial charge in [-0.25, -0.2) is 0 Å². The van der Waals surface area contributed by atoms with Crippen LogP contribution in [0.5, 0.6) is 0 Å². The lowest BCUT2D eigenvalue weighted by molar-refractivity contribution is -0.118. The fourth-order valence-electron chi connectivity index (χ4n) is 1.16. The molecule has 5 heteroatoms. The molecule has 1 aromatic heterocycles. The number of halogens is 1. The van der Waals surface area contributed by atoms with Gasteiger partial charge in [-0.15, -0.1) is 0 Å². The number of carbonyl (C=O) groups is 1. The van der Waals surface area contributed by atoms with Gasteiger partial charge in [0.15, 0.2) is 0 Å². The van der Waals surface area contributed by atoms with Crippen LogP contribution in [0.1, 0.15) is 19.0 Å². The molecule has 0 spiro atoms. The summed E-state index contributed by atoms with van der Waals surface area (Å²) in [5.41, 5.74) is 6.02. The van der Waals surface area contributed by atoms with Gasteiger partial charge >= 0.3 is 0 Å². The van der Waals surface area contributed by atoms with Crippen molar-refractivity contribution in [3.63, 3.8) is 0 Å². The second kappa shape index (κ2) is 5.82. The number of amides is 1. The second-order valence-electron chi connectivity index (χ2n) is 3.42. The van der Waals surface area contributed by atoms with Gasteiger partial charge in [0.1, 0.15) is 0 Å². The molecule has 1 aromatic rings. The van der Waals surface area contributed by atoms with Crippen molar-refractivity contribution in [1.82, 2.24) is 10.3 Å². The summed E-state index contributed by atoms with van der Waals surface area (Å²) in [6.45, 7) is 2.56. The summed E-state index contributed by atoms with van der Waals surface area (Å²) in [7, 11) is 0. The van der Waals surface area contributed by atoms with Gasteiger partial charge in [-0.2, -0.15) is 0 Å². The molecule has 1 amide bonds. The number of nitrogens with zero attached hydrogens (tertiary/aromatic N) is 1. The zero-order chi connectivity index (χ0) is 11.3. The van der Waals surface area contributed by atoms with E-state index in [1.54, 1.807) is 6.20 Å². The summed E-state index contributed by atoms with van der Waals surface area (Å²) in [6.07, 6.45) is 2.09. The predicted molar refractivity (Wildman–Crippen MR) is 62.1 cm³/mol. The summed E-state index contributed by atoms with van der Waals surface area (Å²) >= 11 is 3.31. The van der Waals surface area contributed by atoms with E-state index in [4.69, 9.17) is 5.73 Å². The zero-order valence-electron chi connectivity index (χ0n) is 8.53. The largest absolute Gasteiger partial charge is 0.370 e. The minimum atomic E-state index is -0.293. The molecule has 1 heterocycles. The van der Waals surface area contributed by atoms with Gasteiger partial charge < -0.3 is 11.1 Å². The maximum absolute atomic E-state index is 10.6. The molecule has 0 bridgehead atoms. The van der Waals surface area contributed by atoms with E-state index in [9.17, 15) is 4.79 Å². The zero-order valence-corrected chi connectivity index (χ0v) is 10.1. The van der Waals surface area contributed by atoms with Gasteiger partial charge in [0.25, 0.3) is 0 Å². The maximum atomic E-state index is 10.6. The SMILES string of the molecule is CC(CC(N)=O)NCc1ccc(Br)cn1. The maximum Gasteiger partial charge on any atom is 0.218 e. The minimum Gasteiger partial charge on any atom is -0.370 e. The van der Waals surface area contributed by atoms with Crippen molar-refractivity contribution in [2.45, 2.75) is 25.9 Å². The molecule has 0 radical (unpaired) electrons. The van der Waals surface area contributed by atoms with Crippen LogP contribution < -0.4 is 11.1 Å². The van der Waals surface area contributed by atoms with Crippen LogP contribution in [0, 0.1) is 0 Å². The van der Waals surface area contributed by atoms with Crippen LogP contribution in [-0.4, -0.2) is 16.9 Å². The van der Waals surface area contributed by atoms with Crippen molar-refractivity contribution >= 4 is 21.8 Å². The highest BCUT2D eigenvalue weighted by Crippen LogP contribution is 2.07. The molecule has 0 aliphatic carbocycles. The molecule has 1 unspecified atom stereocenters. The first kappa shape index (κ1) is 12.1. The Hall–Kier alpha value is -0.940. The average molecular weight is 272 g/mol. The van der Waals surface area contributed by atoms with Gasteiger partial charge in [0.05, 0.1) is 5.69 Å². The van der Waals surface area contributed by atoms with E-state index in [-0.39, 0.29) is 11.9 Å². The molecule has 15 heavy (non-hydrogen) atoms. The molecule has 1 atom stereocenters. The number of rotatable bonds is 5. The van der Waals surface area contributed by atoms with Crippen LogP contribution in [-0.2, 0) is 11.3 Å².